The molecule has 3 heterocycles. The van der Waals surface area contributed by atoms with E-state index in [0.717, 1.165) is 28.4 Å². The van der Waals surface area contributed by atoms with Gasteiger partial charge in [-0.2, -0.15) is 5.10 Å². The quantitative estimate of drug-likeness (QED) is 0.250. The highest BCUT2D eigenvalue weighted by Gasteiger charge is 2.22. The molecule has 0 aliphatic rings. The normalized spacial score (nSPS) is 11.3. The van der Waals surface area contributed by atoms with Crippen LogP contribution in [0.2, 0.25) is 0 Å². The van der Waals surface area contributed by atoms with Crippen LogP contribution in [0.1, 0.15) is 37.0 Å². The molecule has 40 heavy (non-hydrogen) atoms. The highest BCUT2D eigenvalue weighted by atomic mass is 19.1. The zero-order valence-electron chi connectivity index (χ0n) is 22.0. The number of ether oxygens (including phenoxy) is 1. The zero-order chi connectivity index (χ0) is 28.4. The van der Waals surface area contributed by atoms with Gasteiger partial charge in [0.2, 0.25) is 0 Å². The van der Waals surface area contributed by atoms with E-state index in [2.05, 4.69) is 20.6 Å². The van der Waals surface area contributed by atoms with Gasteiger partial charge in [0.05, 0.1) is 22.6 Å². The van der Waals surface area contributed by atoms with Crippen LogP contribution in [0.5, 0.6) is 11.5 Å². The summed E-state index contributed by atoms with van der Waals surface area (Å²) in [5.41, 5.74) is 7.24. The van der Waals surface area contributed by atoms with Crippen molar-refractivity contribution in [1.82, 2.24) is 19.7 Å². The Bertz CT molecular complexity index is 1740. The van der Waals surface area contributed by atoms with Gasteiger partial charge in [0, 0.05) is 41.4 Å². The summed E-state index contributed by atoms with van der Waals surface area (Å²) < 4.78 is 22.1. The molecule has 0 saturated heterocycles. The number of nitrogens with two attached hydrogens (primary N) is 1. The summed E-state index contributed by atoms with van der Waals surface area (Å²) in [6, 6.07) is 17.4. The third-order valence-electron chi connectivity index (χ3n) is 5.96. The minimum Gasteiger partial charge on any atom is -0.457 e. The second kappa shape index (κ2) is 10.4. The van der Waals surface area contributed by atoms with Crippen molar-refractivity contribution in [2.24, 2.45) is 5.73 Å². The van der Waals surface area contributed by atoms with E-state index in [-0.39, 0.29) is 28.3 Å². The van der Waals surface area contributed by atoms with Crippen LogP contribution >= 0.6 is 0 Å². The van der Waals surface area contributed by atoms with Gasteiger partial charge < -0.3 is 15.8 Å². The van der Waals surface area contributed by atoms with Gasteiger partial charge in [-0.3, -0.25) is 20.1 Å². The number of aromatic nitrogens is 4. The summed E-state index contributed by atoms with van der Waals surface area (Å²) in [6.07, 6.45) is 3.08. The summed E-state index contributed by atoms with van der Waals surface area (Å²) in [5.74, 6) is -0.606. The van der Waals surface area contributed by atoms with Crippen molar-refractivity contribution in [3.63, 3.8) is 0 Å². The maximum absolute atomic E-state index is 14.9. The number of fused-ring (bicyclic) bond motifs is 1. The fourth-order valence-corrected chi connectivity index (χ4v) is 3.90. The van der Waals surface area contributed by atoms with Gasteiger partial charge in [-0.15, -0.1) is 0 Å². The van der Waals surface area contributed by atoms with Crippen molar-refractivity contribution in [2.45, 2.75) is 26.2 Å². The van der Waals surface area contributed by atoms with Crippen LogP contribution in [0.15, 0.2) is 79.1 Å². The van der Waals surface area contributed by atoms with E-state index in [1.54, 1.807) is 16.9 Å². The van der Waals surface area contributed by atoms with Crippen molar-refractivity contribution in [1.29, 1.82) is 0 Å². The van der Waals surface area contributed by atoms with Crippen molar-refractivity contribution in [2.75, 3.05) is 10.6 Å². The molecule has 0 radical (unpaired) electrons. The number of pyridine rings is 2. The second-order valence-electron chi connectivity index (χ2n) is 10.0. The number of benzene rings is 2. The lowest BCUT2D eigenvalue weighted by atomic mass is 9.92. The first kappa shape index (κ1) is 26.3. The van der Waals surface area contributed by atoms with Crippen LogP contribution in [0, 0.1) is 5.82 Å². The lowest BCUT2D eigenvalue weighted by Crippen LogP contribution is -2.22. The molecule has 4 N–H and O–H groups in total. The Morgan fingerprint density at radius 2 is 1.73 bits per heavy atom. The molecule has 0 aliphatic heterocycles. The Labute approximate surface area is 229 Å². The molecule has 10 nitrogen and oxygen atoms in total. The van der Waals surface area contributed by atoms with Gasteiger partial charge in [-0.25, -0.2) is 13.9 Å². The van der Waals surface area contributed by atoms with Crippen molar-refractivity contribution in [3.8, 4) is 17.2 Å². The van der Waals surface area contributed by atoms with E-state index >= 15 is 0 Å². The predicted molar refractivity (Wildman–Crippen MR) is 149 cm³/mol. The zero-order valence-corrected chi connectivity index (χ0v) is 22.0. The molecule has 0 atom stereocenters. The Morgan fingerprint density at radius 3 is 2.48 bits per heavy atom. The Morgan fingerprint density at radius 1 is 0.925 bits per heavy atom. The summed E-state index contributed by atoms with van der Waals surface area (Å²) >= 11 is 0. The average Bonchev–Trinajstić information content (AvgIpc) is 3.34. The number of amides is 3. The number of hydrogen-bond donors (Lipinski definition) is 3. The number of halogens is 1. The van der Waals surface area contributed by atoms with Gasteiger partial charge in [0.1, 0.15) is 28.8 Å². The SMILES string of the molecule is CC(C)(C)c1cc(NC(=O)Nc2ccc(Oc3ccnc(C(N)=O)c3)cc2F)n(-c2ccc3ncccc3c2)n1. The Hall–Kier alpha value is -5.32. The van der Waals surface area contributed by atoms with E-state index in [1.165, 1.54) is 30.5 Å². The van der Waals surface area contributed by atoms with Gasteiger partial charge in [0.25, 0.3) is 5.91 Å². The number of nitrogens with one attached hydrogen (secondary N) is 2. The van der Waals surface area contributed by atoms with Crippen LogP contribution in [0.4, 0.5) is 20.7 Å². The molecule has 5 rings (SSSR count). The minimum absolute atomic E-state index is 0.0159. The molecular formula is C29H26FN7O3. The van der Waals surface area contributed by atoms with Crippen molar-refractivity contribution >= 4 is 34.3 Å². The molecular weight excluding hydrogens is 513 g/mol. The van der Waals surface area contributed by atoms with Crippen molar-refractivity contribution < 1.29 is 18.7 Å². The molecule has 11 heteroatoms. The molecule has 0 bridgehead atoms. The lowest BCUT2D eigenvalue weighted by molar-refractivity contribution is 0.0995. The van der Waals surface area contributed by atoms with Gasteiger partial charge >= 0.3 is 6.03 Å². The molecule has 0 aliphatic carbocycles. The van der Waals surface area contributed by atoms with Crippen LogP contribution in [0.25, 0.3) is 16.6 Å². The number of rotatable bonds is 6. The molecule has 0 unspecified atom stereocenters. The maximum atomic E-state index is 14.9. The molecule has 0 spiro atoms. The van der Waals surface area contributed by atoms with Crippen molar-refractivity contribution in [3.05, 3.63) is 96.3 Å². The van der Waals surface area contributed by atoms with Crippen LogP contribution in [0.3, 0.4) is 0 Å². The second-order valence-corrected chi connectivity index (χ2v) is 10.0. The number of nitrogens with zero attached hydrogens (tertiary/aromatic N) is 4. The summed E-state index contributed by atoms with van der Waals surface area (Å²) in [5, 5.41) is 11.0. The van der Waals surface area contributed by atoms with E-state index in [9.17, 15) is 14.0 Å². The fraction of sp³-hybridized carbons (Fsp3) is 0.138. The smallest absolute Gasteiger partial charge is 0.324 e. The topological polar surface area (TPSA) is 137 Å². The summed E-state index contributed by atoms with van der Waals surface area (Å²) in [4.78, 5) is 32.5. The minimum atomic E-state index is -0.720. The highest BCUT2D eigenvalue weighted by Crippen LogP contribution is 2.29. The van der Waals surface area contributed by atoms with E-state index < -0.39 is 17.8 Å². The largest absolute Gasteiger partial charge is 0.457 e. The predicted octanol–water partition coefficient (Wildman–Crippen LogP) is 5.79. The third kappa shape index (κ3) is 5.73. The van der Waals surface area contributed by atoms with E-state index in [0.29, 0.717) is 5.82 Å². The average molecular weight is 540 g/mol. The standard InChI is InChI=1S/C29H26FN7O3/c1-29(2,3)25-16-26(37(36-25)18-6-8-22-17(13-18)5-4-11-32-22)35-28(39)34-23-9-7-19(14-21(23)30)40-20-10-12-33-24(15-20)27(31)38/h4-16H,1-3H3,(H2,31,38)(H2,34,35,39). The number of urea groups is 1. The van der Waals surface area contributed by atoms with Crippen LogP contribution in [-0.2, 0) is 5.41 Å². The summed E-state index contributed by atoms with van der Waals surface area (Å²) in [7, 11) is 0. The van der Waals surface area contributed by atoms with Gasteiger partial charge in [-0.1, -0.05) is 26.8 Å². The molecule has 0 saturated carbocycles. The number of carbonyl (C=O) groups excluding carboxylic acids is 2. The third-order valence-corrected chi connectivity index (χ3v) is 5.96. The highest BCUT2D eigenvalue weighted by molar-refractivity contribution is 5.99. The fourth-order valence-electron chi connectivity index (χ4n) is 3.90. The molecule has 0 fully saturated rings. The monoisotopic (exact) mass is 539 g/mol. The number of hydrogen-bond acceptors (Lipinski definition) is 6. The molecule has 202 valence electrons. The molecule has 2 aromatic carbocycles. The van der Waals surface area contributed by atoms with Crippen LogP contribution < -0.4 is 21.1 Å². The Kier molecular flexibility index (Phi) is 6.87. The first-order valence-corrected chi connectivity index (χ1v) is 12.3. The van der Waals surface area contributed by atoms with Gasteiger partial charge in [0.15, 0.2) is 0 Å². The molecule has 3 aromatic heterocycles. The van der Waals surface area contributed by atoms with Crippen LogP contribution in [-0.4, -0.2) is 31.7 Å². The molecule has 3 amide bonds. The number of primary amides is 1. The number of anilines is 2. The van der Waals surface area contributed by atoms with E-state index in [1.807, 2.05) is 51.1 Å². The number of carbonyl (C=O) groups is 2. The molecule has 5 aromatic rings. The Balaban J connectivity index is 1.36. The van der Waals surface area contributed by atoms with Gasteiger partial charge in [-0.05, 0) is 42.5 Å². The van der Waals surface area contributed by atoms with E-state index in [4.69, 9.17) is 15.6 Å². The first-order valence-electron chi connectivity index (χ1n) is 12.3. The maximum Gasteiger partial charge on any atom is 0.324 e. The lowest BCUT2D eigenvalue weighted by Gasteiger charge is -2.14. The summed E-state index contributed by atoms with van der Waals surface area (Å²) in [6.45, 7) is 6.06. The first-order chi connectivity index (χ1) is 19.1.